The van der Waals surface area contributed by atoms with E-state index < -0.39 is 0 Å². The molecule has 1 aromatic carbocycles. The number of nitrogens with one attached hydrogen (secondary N) is 1. The maximum atomic E-state index is 12.2. The first-order valence-corrected chi connectivity index (χ1v) is 7.86. The van der Waals surface area contributed by atoms with Gasteiger partial charge >= 0.3 is 0 Å². The Kier molecular flexibility index (Phi) is 5.08. The van der Waals surface area contributed by atoms with E-state index in [-0.39, 0.29) is 23.7 Å². The third-order valence-electron chi connectivity index (χ3n) is 3.77. The molecule has 1 aromatic heterocycles. The van der Waals surface area contributed by atoms with Crippen molar-refractivity contribution in [3.63, 3.8) is 0 Å². The number of aromatic nitrogens is 2. The highest BCUT2D eigenvalue weighted by Gasteiger charge is 2.16. The number of hydrogen-bond acceptors (Lipinski definition) is 7. The van der Waals surface area contributed by atoms with E-state index in [2.05, 4.69) is 20.3 Å². The number of nitrogens with two attached hydrogens (primary N) is 1. The van der Waals surface area contributed by atoms with E-state index in [0.717, 1.165) is 18.4 Å². The number of rotatable bonds is 6. The van der Waals surface area contributed by atoms with E-state index in [9.17, 15) is 4.79 Å². The fourth-order valence-corrected chi connectivity index (χ4v) is 2.42. The molecule has 0 saturated carbocycles. The summed E-state index contributed by atoms with van der Waals surface area (Å²) in [6.45, 7) is 0.543. The summed E-state index contributed by atoms with van der Waals surface area (Å²) in [4.78, 5) is 24.4. The third kappa shape index (κ3) is 4.43. The fraction of sp³-hybridized carbons (Fsp3) is 0.294. The summed E-state index contributed by atoms with van der Waals surface area (Å²) in [7, 11) is 1.47. The van der Waals surface area contributed by atoms with Crippen molar-refractivity contribution in [1.82, 2.24) is 9.97 Å². The number of amides is 1. The van der Waals surface area contributed by atoms with Gasteiger partial charge in [0.1, 0.15) is 6.61 Å². The highest BCUT2D eigenvalue weighted by molar-refractivity contribution is 6.02. The Balaban J connectivity index is 1.55. The average molecular weight is 341 g/mol. The van der Waals surface area contributed by atoms with Gasteiger partial charge in [-0.15, -0.1) is 0 Å². The van der Waals surface area contributed by atoms with E-state index in [4.69, 9.17) is 15.2 Å². The number of amidine groups is 1. The van der Waals surface area contributed by atoms with Crippen molar-refractivity contribution in [2.75, 3.05) is 19.0 Å². The zero-order chi connectivity index (χ0) is 17.6. The molecule has 0 saturated heterocycles. The Hall–Kier alpha value is -3.16. The quantitative estimate of drug-likeness (QED) is 0.821. The molecule has 2 aromatic rings. The Bertz CT molecular complexity index is 776. The molecule has 1 atom stereocenters. The van der Waals surface area contributed by atoms with Crippen LogP contribution in [0.3, 0.4) is 0 Å². The van der Waals surface area contributed by atoms with Crippen LogP contribution in [0, 0.1) is 0 Å². The van der Waals surface area contributed by atoms with Gasteiger partial charge < -0.3 is 20.5 Å². The first-order chi connectivity index (χ1) is 12.1. The predicted octanol–water partition coefficient (Wildman–Crippen LogP) is 1.38. The highest BCUT2D eigenvalue weighted by atomic mass is 16.5. The van der Waals surface area contributed by atoms with E-state index in [1.807, 2.05) is 24.3 Å². The topological polar surface area (TPSA) is 112 Å². The molecular weight excluding hydrogens is 322 g/mol. The zero-order valence-corrected chi connectivity index (χ0v) is 13.8. The van der Waals surface area contributed by atoms with Crippen molar-refractivity contribution in [1.29, 1.82) is 0 Å². The molecule has 1 amide bonds. The minimum Gasteiger partial charge on any atom is -0.480 e. The minimum absolute atomic E-state index is 0.117. The molecule has 1 aliphatic rings. The number of carbonyl (C=O) groups excluding carboxylic acids is 1. The molecule has 1 unspecified atom stereocenters. The van der Waals surface area contributed by atoms with Crippen molar-refractivity contribution < 1.29 is 14.3 Å². The van der Waals surface area contributed by atoms with Gasteiger partial charge in [0.05, 0.1) is 25.5 Å². The van der Waals surface area contributed by atoms with Gasteiger partial charge in [0.15, 0.2) is 5.69 Å². The largest absolute Gasteiger partial charge is 0.480 e. The Labute approximate surface area is 145 Å². The molecule has 0 radical (unpaired) electrons. The molecular formula is C17H19N5O3. The Morgan fingerprint density at radius 1 is 1.36 bits per heavy atom. The van der Waals surface area contributed by atoms with Gasteiger partial charge in [0.25, 0.3) is 11.9 Å². The van der Waals surface area contributed by atoms with Crippen molar-refractivity contribution in [2.24, 2.45) is 10.7 Å². The lowest BCUT2D eigenvalue weighted by Gasteiger charge is -2.08. The standard InChI is InChI=1S/C17H19N5O3/c1-24-15-9-19-8-14(22-15)16(23)20-12-5-2-11(3-6-12)4-7-13-10-25-17(18)21-13/h2-3,5-6,8-9,13H,4,7,10H2,1H3,(H2,18,21)(H,20,23). The number of ether oxygens (including phenoxy) is 2. The smallest absolute Gasteiger partial charge is 0.282 e. The molecule has 130 valence electrons. The van der Waals surface area contributed by atoms with Crippen molar-refractivity contribution >= 4 is 17.6 Å². The maximum Gasteiger partial charge on any atom is 0.282 e. The molecule has 3 rings (SSSR count). The van der Waals surface area contributed by atoms with Crippen LogP contribution >= 0.6 is 0 Å². The second kappa shape index (κ2) is 7.61. The van der Waals surface area contributed by atoms with Gasteiger partial charge in [-0.05, 0) is 30.5 Å². The SMILES string of the molecule is COc1cncc(C(=O)Nc2ccc(CCC3COC(N)=N3)cc2)n1. The van der Waals surface area contributed by atoms with Crippen LogP contribution < -0.4 is 15.8 Å². The van der Waals surface area contributed by atoms with Gasteiger partial charge in [-0.1, -0.05) is 12.1 Å². The van der Waals surface area contributed by atoms with Crippen LogP contribution in [0.1, 0.15) is 22.5 Å². The van der Waals surface area contributed by atoms with E-state index in [0.29, 0.717) is 18.2 Å². The summed E-state index contributed by atoms with van der Waals surface area (Å²) in [6, 6.07) is 8.02. The summed E-state index contributed by atoms with van der Waals surface area (Å²) < 4.78 is 10.1. The number of hydrogen-bond donors (Lipinski definition) is 2. The molecule has 1 aliphatic heterocycles. The van der Waals surface area contributed by atoms with Crippen LogP contribution in [0.2, 0.25) is 0 Å². The number of carbonyl (C=O) groups is 1. The van der Waals surface area contributed by atoms with Gasteiger partial charge in [-0.25, -0.2) is 9.98 Å². The summed E-state index contributed by atoms with van der Waals surface area (Å²) in [6.07, 6.45) is 4.56. The molecule has 0 fully saturated rings. The monoisotopic (exact) mass is 341 g/mol. The van der Waals surface area contributed by atoms with Gasteiger partial charge in [0, 0.05) is 5.69 Å². The molecule has 3 N–H and O–H groups in total. The minimum atomic E-state index is -0.341. The summed E-state index contributed by atoms with van der Waals surface area (Å²) >= 11 is 0. The molecule has 2 heterocycles. The predicted molar refractivity (Wildman–Crippen MR) is 92.7 cm³/mol. The van der Waals surface area contributed by atoms with Crippen LogP contribution in [0.15, 0.2) is 41.7 Å². The fourth-order valence-electron chi connectivity index (χ4n) is 2.42. The number of benzene rings is 1. The van der Waals surface area contributed by atoms with E-state index in [1.165, 1.54) is 19.5 Å². The molecule has 0 bridgehead atoms. The molecule has 8 heteroatoms. The lowest BCUT2D eigenvalue weighted by atomic mass is 10.1. The van der Waals surface area contributed by atoms with Crippen molar-refractivity contribution in [3.05, 3.63) is 47.9 Å². The first-order valence-electron chi connectivity index (χ1n) is 7.86. The van der Waals surface area contributed by atoms with Crippen molar-refractivity contribution in [2.45, 2.75) is 18.9 Å². The summed E-state index contributed by atoms with van der Waals surface area (Å²) in [5, 5.41) is 2.78. The second-order valence-electron chi connectivity index (χ2n) is 5.57. The van der Waals surface area contributed by atoms with Gasteiger partial charge in [0.2, 0.25) is 5.88 Å². The average Bonchev–Trinajstić information content (AvgIpc) is 3.06. The van der Waals surface area contributed by atoms with E-state index in [1.54, 1.807) is 0 Å². The molecule has 8 nitrogen and oxygen atoms in total. The van der Waals surface area contributed by atoms with Crippen LogP contribution in [-0.2, 0) is 11.2 Å². The lowest BCUT2D eigenvalue weighted by molar-refractivity contribution is 0.102. The molecule has 25 heavy (non-hydrogen) atoms. The maximum absolute atomic E-state index is 12.2. The Morgan fingerprint density at radius 2 is 2.16 bits per heavy atom. The zero-order valence-electron chi connectivity index (χ0n) is 13.8. The lowest BCUT2D eigenvalue weighted by Crippen LogP contribution is -2.14. The van der Waals surface area contributed by atoms with E-state index >= 15 is 0 Å². The number of aliphatic imine (C=N–C) groups is 1. The summed E-state index contributed by atoms with van der Waals surface area (Å²) in [5.41, 5.74) is 7.53. The van der Waals surface area contributed by atoms with Crippen LogP contribution in [0.4, 0.5) is 5.69 Å². The number of nitrogens with zero attached hydrogens (tertiary/aromatic N) is 3. The molecule has 0 spiro atoms. The highest BCUT2D eigenvalue weighted by Crippen LogP contribution is 2.15. The molecule has 0 aliphatic carbocycles. The van der Waals surface area contributed by atoms with Crippen LogP contribution in [0.5, 0.6) is 5.88 Å². The van der Waals surface area contributed by atoms with Gasteiger partial charge in [-0.3, -0.25) is 9.78 Å². The summed E-state index contributed by atoms with van der Waals surface area (Å²) in [5.74, 6) is -0.0470. The second-order valence-corrected chi connectivity index (χ2v) is 5.57. The first kappa shape index (κ1) is 16.7. The third-order valence-corrected chi connectivity index (χ3v) is 3.77. The van der Waals surface area contributed by atoms with Crippen molar-refractivity contribution in [3.8, 4) is 5.88 Å². The number of methoxy groups -OCH3 is 1. The van der Waals surface area contributed by atoms with Crippen LogP contribution in [0.25, 0.3) is 0 Å². The number of anilines is 1. The van der Waals surface area contributed by atoms with Gasteiger partial charge in [-0.2, -0.15) is 0 Å². The number of aryl methyl sites for hydroxylation is 1. The van der Waals surface area contributed by atoms with Crippen LogP contribution in [-0.4, -0.2) is 41.7 Å². The Morgan fingerprint density at radius 3 is 2.84 bits per heavy atom. The normalized spacial score (nSPS) is 16.0.